The van der Waals surface area contributed by atoms with Gasteiger partial charge in [0, 0.05) is 10.2 Å². The van der Waals surface area contributed by atoms with Crippen LogP contribution in [-0.4, -0.2) is 19.5 Å². The molecule has 0 aromatic heterocycles. The van der Waals surface area contributed by atoms with E-state index < -0.39 is 16.0 Å². The molecule has 0 saturated heterocycles. The van der Waals surface area contributed by atoms with Crippen molar-refractivity contribution in [1.82, 2.24) is 0 Å². The standard InChI is InChI=1S/C14H12BrNO4S/c1-9-5-6-12(8-13(9)14(17)18)21(19,20)16-11-4-2-3-10(15)7-11/h2-8,16H,1H3,(H,17,18). The van der Waals surface area contributed by atoms with Crippen molar-refractivity contribution < 1.29 is 18.3 Å². The number of carboxylic acid groups (broad SMARTS) is 1. The molecule has 7 heteroatoms. The first-order valence-electron chi connectivity index (χ1n) is 5.92. The van der Waals surface area contributed by atoms with Gasteiger partial charge in [0.15, 0.2) is 0 Å². The molecule has 0 amide bonds. The SMILES string of the molecule is Cc1ccc(S(=O)(=O)Nc2cccc(Br)c2)cc1C(=O)O. The van der Waals surface area contributed by atoms with Crippen molar-refractivity contribution in [3.63, 3.8) is 0 Å². The van der Waals surface area contributed by atoms with E-state index in [4.69, 9.17) is 5.11 Å². The van der Waals surface area contributed by atoms with Crippen molar-refractivity contribution in [3.8, 4) is 0 Å². The van der Waals surface area contributed by atoms with Crippen LogP contribution in [0.15, 0.2) is 51.8 Å². The Morgan fingerprint density at radius 3 is 2.52 bits per heavy atom. The monoisotopic (exact) mass is 369 g/mol. The van der Waals surface area contributed by atoms with Gasteiger partial charge in [-0.05, 0) is 42.8 Å². The molecule has 0 atom stereocenters. The lowest BCUT2D eigenvalue weighted by molar-refractivity contribution is 0.0696. The van der Waals surface area contributed by atoms with Crippen molar-refractivity contribution in [2.24, 2.45) is 0 Å². The minimum Gasteiger partial charge on any atom is -0.478 e. The summed E-state index contributed by atoms with van der Waals surface area (Å²) in [6, 6.07) is 10.7. The van der Waals surface area contributed by atoms with Crippen molar-refractivity contribution in [2.75, 3.05) is 4.72 Å². The molecule has 0 heterocycles. The average Bonchev–Trinajstić information content (AvgIpc) is 2.38. The van der Waals surface area contributed by atoms with E-state index in [1.165, 1.54) is 12.1 Å². The summed E-state index contributed by atoms with van der Waals surface area (Å²) in [4.78, 5) is 11.0. The predicted octanol–water partition coefficient (Wildman–Crippen LogP) is 3.26. The Hall–Kier alpha value is -1.86. The molecule has 0 radical (unpaired) electrons. The maximum absolute atomic E-state index is 12.3. The fourth-order valence-corrected chi connectivity index (χ4v) is 3.24. The lowest BCUT2D eigenvalue weighted by Crippen LogP contribution is -2.14. The van der Waals surface area contributed by atoms with Crippen LogP contribution < -0.4 is 4.72 Å². The topological polar surface area (TPSA) is 83.5 Å². The molecule has 2 rings (SSSR count). The molecular weight excluding hydrogens is 358 g/mol. The number of hydrogen-bond acceptors (Lipinski definition) is 3. The van der Waals surface area contributed by atoms with Crippen LogP contribution in [0, 0.1) is 6.92 Å². The quantitative estimate of drug-likeness (QED) is 0.866. The smallest absolute Gasteiger partial charge is 0.335 e. The van der Waals surface area contributed by atoms with Gasteiger partial charge in [-0.3, -0.25) is 4.72 Å². The molecule has 0 spiro atoms. The van der Waals surface area contributed by atoms with Gasteiger partial charge in [-0.2, -0.15) is 0 Å². The van der Waals surface area contributed by atoms with E-state index in [0.29, 0.717) is 11.3 Å². The van der Waals surface area contributed by atoms with Crippen LogP contribution in [0.1, 0.15) is 15.9 Å². The molecule has 0 fully saturated rings. The summed E-state index contributed by atoms with van der Waals surface area (Å²) in [5, 5.41) is 9.06. The van der Waals surface area contributed by atoms with E-state index in [1.807, 2.05) is 0 Å². The number of rotatable bonds is 4. The van der Waals surface area contributed by atoms with Gasteiger partial charge in [0.1, 0.15) is 0 Å². The first-order valence-corrected chi connectivity index (χ1v) is 8.19. The third-order valence-electron chi connectivity index (χ3n) is 2.83. The normalized spacial score (nSPS) is 11.1. The second-order valence-corrected chi connectivity index (χ2v) is 7.00. The highest BCUT2D eigenvalue weighted by Gasteiger charge is 2.17. The minimum atomic E-state index is -3.84. The van der Waals surface area contributed by atoms with E-state index in [9.17, 15) is 13.2 Å². The summed E-state index contributed by atoms with van der Waals surface area (Å²) >= 11 is 3.25. The molecule has 5 nitrogen and oxygen atoms in total. The Kier molecular flexibility index (Phi) is 4.34. The highest BCUT2D eigenvalue weighted by atomic mass is 79.9. The third kappa shape index (κ3) is 3.62. The van der Waals surface area contributed by atoms with Crippen LogP contribution in [0.4, 0.5) is 5.69 Å². The highest BCUT2D eigenvalue weighted by Crippen LogP contribution is 2.21. The Morgan fingerprint density at radius 1 is 1.19 bits per heavy atom. The molecule has 2 N–H and O–H groups in total. The second kappa shape index (κ2) is 5.87. The van der Waals surface area contributed by atoms with Crippen LogP contribution in [0.3, 0.4) is 0 Å². The molecule has 110 valence electrons. The van der Waals surface area contributed by atoms with Crippen LogP contribution >= 0.6 is 15.9 Å². The summed E-state index contributed by atoms with van der Waals surface area (Å²) in [5.74, 6) is -1.16. The zero-order valence-electron chi connectivity index (χ0n) is 11.0. The van der Waals surface area contributed by atoms with Crippen LogP contribution in [0.25, 0.3) is 0 Å². The number of benzene rings is 2. The molecule has 0 aliphatic rings. The fraction of sp³-hybridized carbons (Fsp3) is 0.0714. The predicted molar refractivity (Wildman–Crippen MR) is 83.1 cm³/mol. The number of anilines is 1. The number of carboxylic acids is 1. The number of nitrogens with one attached hydrogen (secondary N) is 1. The molecule has 21 heavy (non-hydrogen) atoms. The van der Waals surface area contributed by atoms with Gasteiger partial charge in [0.25, 0.3) is 10.0 Å². The first-order chi connectivity index (χ1) is 9.79. The zero-order chi connectivity index (χ0) is 15.6. The lowest BCUT2D eigenvalue weighted by Gasteiger charge is -2.10. The number of halogens is 1. The van der Waals surface area contributed by atoms with Gasteiger partial charge in [0.2, 0.25) is 0 Å². The Bertz CT molecular complexity index is 802. The van der Waals surface area contributed by atoms with E-state index in [0.717, 1.165) is 10.5 Å². The third-order valence-corrected chi connectivity index (χ3v) is 4.70. The molecule has 0 saturated carbocycles. The number of aryl methyl sites for hydroxylation is 1. The molecule has 0 aliphatic heterocycles. The number of sulfonamides is 1. The van der Waals surface area contributed by atoms with E-state index in [-0.39, 0.29) is 10.5 Å². The van der Waals surface area contributed by atoms with Crippen LogP contribution in [-0.2, 0) is 10.0 Å². The maximum atomic E-state index is 12.3. The average molecular weight is 370 g/mol. The van der Waals surface area contributed by atoms with Gasteiger partial charge >= 0.3 is 5.97 Å². The Morgan fingerprint density at radius 2 is 1.90 bits per heavy atom. The zero-order valence-corrected chi connectivity index (χ0v) is 13.4. The fourth-order valence-electron chi connectivity index (χ4n) is 1.76. The molecule has 0 aliphatic carbocycles. The summed E-state index contributed by atoms with van der Waals surface area (Å²) in [7, 11) is -3.84. The maximum Gasteiger partial charge on any atom is 0.335 e. The van der Waals surface area contributed by atoms with Gasteiger partial charge in [0.05, 0.1) is 10.5 Å². The lowest BCUT2D eigenvalue weighted by atomic mass is 10.1. The van der Waals surface area contributed by atoms with Gasteiger partial charge in [-0.25, -0.2) is 13.2 Å². The summed E-state index contributed by atoms with van der Waals surface area (Å²) in [6.45, 7) is 1.61. The van der Waals surface area contributed by atoms with E-state index in [1.54, 1.807) is 31.2 Å². The van der Waals surface area contributed by atoms with E-state index in [2.05, 4.69) is 20.7 Å². The molecular formula is C14H12BrNO4S. The summed E-state index contributed by atoms with van der Waals surface area (Å²) in [6.07, 6.45) is 0. The van der Waals surface area contributed by atoms with Gasteiger partial charge in [-0.1, -0.05) is 28.1 Å². The van der Waals surface area contributed by atoms with Crippen molar-refractivity contribution in [1.29, 1.82) is 0 Å². The van der Waals surface area contributed by atoms with Crippen LogP contribution in [0.5, 0.6) is 0 Å². The Balaban J connectivity index is 2.40. The summed E-state index contributed by atoms with van der Waals surface area (Å²) in [5.41, 5.74) is 0.859. The Labute approximate surface area is 130 Å². The van der Waals surface area contributed by atoms with Crippen molar-refractivity contribution in [3.05, 3.63) is 58.1 Å². The van der Waals surface area contributed by atoms with Crippen LogP contribution in [0.2, 0.25) is 0 Å². The highest BCUT2D eigenvalue weighted by molar-refractivity contribution is 9.10. The first kappa shape index (κ1) is 15.5. The van der Waals surface area contributed by atoms with Gasteiger partial charge in [-0.15, -0.1) is 0 Å². The second-order valence-electron chi connectivity index (χ2n) is 4.40. The number of hydrogen-bond donors (Lipinski definition) is 2. The number of carbonyl (C=O) groups is 1. The van der Waals surface area contributed by atoms with E-state index >= 15 is 0 Å². The molecule has 2 aromatic rings. The molecule has 0 unspecified atom stereocenters. The minimum absolute atomic E-state index is 0.0351. The van der Waals surface area contributed by atoms with Crippen molar-refractivity contribution in [2.45, 2.75) is 11.8 Å². The molecule has 2 aromatic carbocycles. The summed E-state index contributed by atoms with van der Waals surface area (Å²) < 4.78 is 27.7. The largest absolute Gasteiger partial charge is 0.478 e. The van der Waals surface area contributed by atoms with Crippen molar-refractivity contribution >= 4 is 37.6 Å². The molecule has 0 bridgehead atoms. The number of aromatic carboxylic acids is 1. The van der Waals surface area contributed by atoms with Gasteiger partial charge < -0.3 is 5.11 Å².